The van der Waals surface area contributed by atoms with Crippen molar-refractivity contribution in [3.05, 3.63) is 28.8 Å². The van der Waals surface area contributed by atoms with Crippen LogP contribution >= 0.6 is 27.5 Å². The van der Waals surface area contributed by atoms with Crippen molar-refractivity contribution in [2.24, 2.45) is 0 Å². The monoisotopic (exact) mass is 276 g/mol. The summed E-state index contributed by atoms with van der Waals surface area (Å²) < 4.78 is 5.35. The van der Waals surface area contributed by atoms with Gasteiger partial charge in [0.15, 0.2) is 0 Å². The van der Waals surface area contributed by atoms with E-state index in [0.29, 0.717) is 11.6 Å². The predicted molar refractivity (Wildman–Crippen MR) is 64.7 cm³/mol. The highest BCUT2D eigenvalue weighted by atomic mass is 79.9. The van der Waals surface area contributed by atoms with Gasteiger partial charge in [0.1, 0.15) is 5.75 Å². The summed E-state index contributed by atoms with van der Waals surface area (Å²) in [6.45, 7) is 2.61. The lowest BCUT2D eigenvalue weighted by atomic mass is 10.1. The fourth-order valence-electron chi connectivity index (χ4n) is 1.24. The molecule has 0 N–H and O–H groups in total. The summed E-state index contributed by atoms with van der Waals surface area (Å²) in [4.78, 5) is 0. The number of aryl methyl sites for hydroxylation is 1. The minimum absolute atomic E-state index is 0.653. The fourth-order valence-corrected chi connectivity index (χ4v) is 1.78. The summed E-state index contributed by atoms with van der Waals surface area (Å²) in [5, 5.41) is 1.73. The molecule has 0 aliphatic heterocycles. The first-order valence-electron chi connectivity index (χ1n) is 4.75. The predicted octanol–water partition coefficient (Wildman–Crippen LogP) is 4.07. The number of hydrogen-bond donors (Lipinski definition) is 0. The molecular weight excluding hydrogens is 263 g/mol. The molecule has 1 nitrogen and oxygen atoms in total. The molecule has 0 bridgehead atoms. The van der Waals surface area contributed by atoms with Gasteiger partial charge >= 0.3 is 0 Å². The SMILES string of the molecule is CCOc1ccc(CCCBr)cc1Cl. The molecule has 0 spiro atoms. The molecular formula is C11H14BrClO. The van der Waals surface area contributed by atoms with Gasteiger partial charge in [0, 0.05) is 5.33 Å². The number of hydrogen-bond acceptors (Lipinski definition) is 1. The van der Waals surface area contributed by atoms with Crippen molar-refractivity contribution >= 4 is 27.5 Å². The Hall–Kier alpha value is -0.210. The van der Waals surface area contributed by atoms with Crippen molar-refractivity contribution in [3.63, 3.8) is 0 Å². The van der Waals surface area contributed by atoms with Crippen LogP contribution in [-0.4, -0.2) is 11.9 Å². The number of halogens is 2. The molecule has 0 unspecified atom stereocenters. The minimum atomic E-state index is 0.653. The van der Waals surface area contributed by atoms with E-state index in [0.717, 1.165) is 23.9 Å². The lowest BCUT2D eigenvalue weighted by Crippen LogP contribution is -1.93. The molecule has 0 heterocycles. The van der Waals surface area contributed by atoms with Crippen LogP contribution in [0.3, 0.4) is 0 Å². The van der Waals surface area contributed by atoms with Crippen LogP contribution in [0.2, 0.25) is 5.02 Å². The molecule has 0 aliphatic rings. The third-order valence-corrected chi connectivity index (χ3v) is 2.75. The molecule has 1 aromatic carbocycles. The Morgan fingerprint density at radius 1 is 1.43 bits per heavy atom. The van der Waals surface area contributed by atoms with Gasteiger partial charge in [-0.15, -0.1) is 0 Å². The largest absolute Gasteiger partial charge is 0.492 e. The highest BCUT2D eigenvalue weighted by Gasteiger charge is 2.01. The lowest BCUT2D eigenvalue weighted by Gasteiger charge is -2.07. The van der Waals surface area contributed by atoms with Crippen molar-refractivity contribution in [2.75, 3.05) is 11.9 Å². The lowest BCUT2D eigenvalue weighted by molar-refractivity contribution is 0.340. The van der Waals surface area contributed by atoms with E-state index in [2.05, 4.69) is 22.0 Å². The summed E-state index contributed by atoms with van der Waals surface area (Å²) in [5.74, 6) is 0.775. The summed E-state index contributed by atoms with van der Waals surface area (Å²) in [5.41, 5.74) is 1.26. The first-order chi connectivity index (χ1) is 6.77. The number of ether oxygens (including phenoxy) is 1. The third kappa shape index (κ3) is 3.50. The molecule has 1 aromatic rings. The molecule has 0 amide bonds. The van der Waals surface area contributed by atoms with Gasteiger partial charge in [0.2, 0.25) is 0 Å². The molecule has 1 rings (SSSR count). The van der Waals surface area contributed by atoms with Crippen LogP contribution in [0.1, 0.15) is 18.9 Å². The molecule has 0 aliphatic carbocycles. The molecule has 3 heteroatoms. The minimum Gasteiger partial charge on any atom is -0.492 e. The quantitative estimate of drug-likeness (QED) is 0.737. The van der Waals surface area contributed by atoms with Crippen molar-refractivity contribution in [1.82, 2.24) is 0 Å². The van der Waals surface area contributed by atoms with E-state index in [9.17, 15) is 0 Å². The Balaban J connectivity index is 2.68. The highest BCUT2D eigenvalue weighted by molar-refractivity contribution is 9.09. The van der Waals surface area contributed by atoms with E-state index in [1.807, 2.05) is 19.1 Å². The van der Waals surface area contributed by atoms with Gasteiger partial charge in [-0.05, 0) is 37.5 Å². The van der Waals surface area contributed by atoms with Gasteiger partial charge in [-0.2, -0.15) is 0 Å². The topological polar surface area (TPSA) is 9.23 Å². The third-order valence-electron chi connectivity index (χ3n) is 1.90. The zero-order chi connectivity index (χ0) is 10.4. The van der Waals surface area contributed by atoms with Crippen LogP contribution in [0.4, 0.5) is 0 Å². The number of benzene rings is 1. The molecule has 78 valence electrons. The maximum atomic E-state index is 6.05. The average molecular weight is 278 g/mol. The van der Waals surface area contributed by atoms with Gasteiger partial charge in [-0.25, -0.2) is 0 Å². The number of alkyl halides is 1. The maximum Gasteiger partial charge on any atom is 0.137 e. The Morgan fingerprint density at radius 2 is 2.21 bits per heavy atom. The first kappa shape index (κ1) is 11.9. The van der Waals surface area contributed by atoms with Gasteiger partial charge < -0.3 is 4.74 Å². The molecule has 0 radical (unpaired) electrons. The fraction of sp³-hybridized carbons (Fsp3) is 0.455. The van der Waals surface area contributed by atoms with E-state index in [-0.39, 0.29) is 0 Å². The smallest absolute Gasteiger partial charge is 0.137 e. The molecule has 0 aromatic heterocycles. The van der Waals surface area contributed by atoms with E-state index in [1.54, 1.807) is 0 Å². The molecule has 0 atom stereocenters. The zero-order valence-corrected chi connectivity index (χ0v) is 10.6. The van der Waals surface area contributed by atoms with E-state index in [4.69, 9.17) is 16.3 Å². The van der Waals surface area contributed by atoms with Crippen molar-refractivity contribution in [1.29, 1.82) is 0 Å². The zero-order valence-electron chi connectivity index (χ0n) is 8.22. The Morgan fingerprint density at radius 3 is 2.79 bits per heavy atom. The van der Waals surface area contributed by atoms with Crippen LogP contribution in [0.15, 0.2) is 18.2 Å². The highest BCUT2D eigenvalue weighted by Crippen LogP contribution is 2.25. The van der Waals surface area contributed by atoms with Crippen LogP contribution in [0.5, 0.6) is 5.75 Å². The molecule has 0 saturated carbocycles. The second-order valence-corrected chi connectivity index (χ2v) is 4.19. The summed E-state index contributed by atoms with van der Waals surface area (Å²) in [6.07, 6.45) is 2.18. The van der Waals surface area contributed by atoms with Crippen LogP contribution < -0.4 is 4.74 Å². The molecule has 0 saturated heterocycles. The Kier molecular flexibility index (Phi) is 5.34. The van der Waals surface area contributed by atoms with E-state index >= 15 is 0 Å². The van der Waals surface area contributed by atoms with E-state index < -0.39 is 0 Å². The van der Waals surface area contributed by atoms with Gasteiger partial charge in [0.25, 0.3) is 0 Å². The summed E-state index contributed by atoms with van der Waals surface area (Å²) >= 11 is 9.46. The Bertz CT molecular complexity index is 289. The van der Waals surface area contributed by atoms with Crippen LogP contribution in [0, 0.1) is 0 Å². The average Bonchev–Trinajstić information content (AvgIpc) is 2.19. The summed E-state index contributed by atoms with van der Waals surface area (Å²) in [6, 6.07) is 5.99. The van der Waals surface area contributed by atoms with Crippen molar-refractivity contribution in [2.45, 2.75) is 19.8 Å². The van der Waals surface area contributed by atoms with Gasteiger partial charge in [-0.3, -0.25) is 0 Å². The van der Waals surface area contributed by atoms with Gasteiger partial charge in [0.05, 0.1) is 11.6 Å². The van der Waals surface area contributed by atoms with Crippen LogP contribution in [-0.2, 0) is 6.42 Å². The standard InChI is InChI=1S/C11H14BrClO/c1-2-14-11-6-5-9(4-3-7-12)8-10(11)13/h5-6,8H,2-4,7H2,1H3. The second-order valence-electron chi connectivity index (χ2n) is 2.99. The maximum absolute atomic E-state index is 6.05. The second kappa shape index (κ2) is 6.31. The summed E-state index contributed by atoms with van der Waals surface area (Å²) in [7, 11) is 0. The molecule has 14 heavy (non-hydrogen) atoms. The van der Waals surface area contributed by atoms with Gasteiger partial charge in [-0.1, -0.05) is 33.6 Å². The van der Waals surface area contributed by atoms with E-state index in [1.165, 1.54) is 5.56 Å². The number of rotatable bonds is 5. The molecule has 0 fully saturated rings. The van der Waals surface area contributed by atoms with Crippen molar-refractivity contribution in [3.8, 4) is 5.75 Å². The van der Waals surface area contributed by atoms with Crippen molar-refractivity contribution < 1.29 is 4.74 Å². The van der Waals surface area contributed by atoms with Crippen LogP contribution in [0.25, 0.3) is 0 Å². The first-order valence-corrected chi connectivity index (χ1v) is 6.25. The Labute approximate surface area is 98.5 Å². The normalized spacial score (nSPS) is 10.2.